The van der Waals surface area contributed by atoms with Crippen LogP contribution < -0.4 is 10.5 Å². The number of halogens is 1. The maximum absolute atomic E-state index is 8.87. The third-order valence-electron chi connectivity index (χ3n) is 2.52. The summed E-state index contributed by atoms with van der Waals surface area (Å²) in [5, 5.41) is 9.43. The molecule has 0 atom stereocenters. The Morgan fingerprint density at radius 3 is 2.71 bits per heavy atom. The second kappa shape index (κ2) is 5.90. The number of nitrogens with two attached hydrogens (primary N) is 1. The number of nitriles is 1. The van der Waals surface area contributed by atoms with Gasteiger partial charge in [-0.2, -0.15) is 5.26 Å². The number of hydrogen-bond donors (Lipinski definition) is 1. The van der Waals surface area contributed by atoms with Crippen LogP contribution in [0.2, 0.25) is 5.02 Å². The van der Waals surface area contributed by atoms with Crippen molar-refractivity contribution in [3.05, 3.63) is 28.8 Å². The minimum absolute atomic E-state index is 0.371. The van der Waals surface area contributed by atoms with Gasteiger partial charge < -0.3 is 10.5 Å². The fourth-order valence-electron chi connectivity index (χ4n) is 1.26. The van der Waals surface area contributed by atoms with Crippen molar-refractivity contribution in [2.75, 3.05) is 6.61 Å². The van der Waals surface area contributed by atoms with Crippen LogP contribution in [-0.4, -0.2) is 6.61 Å². The molecule has 1 aromatic carbocycles. The molecule has 0 amide bonds. The van der Waals surface area contributed by atoms with E-state index < -0.39 is 0 Å². The van der Waals surface area contributed by atoms with E-state index in [0.717, 1.165) is 5.56 Å². The predicted octanol–water partition coefficient (Wildman–Crippen LogP) is 3.12. The van der Waals surface area contributed by atoms with Gasteiger partial charge in [-0.3, -0.25) is 0 Å². The molecule has 3 nitrogen and oxygen atoms in total. The van der Waals surface area contributed by atoms with Crippen LogP contribution >= 0.6 is 11.6 Å². The zero-order chi connectivity index (χ0) is 12.9. The number of rotatable bonds is 5. The number of nitrogens with zero attached hydrogens (tertiary/aromatic N) is 1. The van der Waals surface area contributed by atoms with E-state index in [9.17, 15) is 0 Å². The number of benzene rings is 1. The summed E-state index contributed by atoms with van der Waals surface area (Å²) in [5.74, 6) is 0.637. The average Bonchev–Trinajstić information content (AvgIpc) is 2.31. The first-order valence-electron chi connectivity index (χ1n) is 5.51. The first kappa shape index (κ1) is 13.8. The van der Waals surface area contributed by atoms with Crippen molar-refractivity contribution in [2.45, 2.75) is 26.8 Å². The Bertz CT molecular complexity index is 424. The summed E-state index contributed by atoms with van der Waals surface area (Å²) >= 11 is 6.05. The van der Waals surface area contributed by atoms with Gasteiger partial charge in [0.1, 0.15) is 5.75 Å². The van der Waals surface area contributed by atoms with E-state index in [1.807, 2.05) is 26.0 Å². The van der Waals surface area contributed by atoms with E-state index in [0.29, 0.717) is 30.3 Å². The first-order chi connectivity index (χ1) is 7.98. The van der Waals surface area contributed by atoms with Gasteiger partial charge >= 0.3 is 0 Å². The Kier molecular flexibility index (Phi) is 4.80. The second-order valence-corrected chi connectivity index (χ2v) is 4.97. The third-order valence-corrected chi connectivity index (χ3v) is 2.81. The molecule has 92 valence electrons. The summed E-state index contributed by atoms with van der Waals surface area (Å²) in [7, 11) is 0. The van der Waals surface area contributed by atoms with Gasteiger partial charge in [-0.25, -0.2) is 0 Å². The molecule has 2 N–H and O–H groups in total. The van der Waals surface area contributed by atoms with E-state index in [4.69, 9.17) is 27.3 Å². The molecule has 0 unspecified atom stereocenters. The number of hydrogen-bond acceptors (Lipinski definition) is 3. The first-order valence-corrected chi connectivity index (χ1v) is 5.89. The van der Waals surface area contributed by atoms with Crippen LogP contribution in [0.3, 0.4) is 0 Å². The third kappa shape index (κ3) is 4.26. The lowest BCUT2D eigenvalue weighted by molar-refractivity contribution is 0.264. The molecule has 0 heterocycles. The van der Waals surface area contributed by atoms with Crippen molar-refractivity contribution in [1.29, 1.82) is 5.26 Å². The zero-order valence-electron chi connectivity index (χ0n) is 10.2. The molecule has 0 saturated heterocycles. The summed E-state index contributed by atoms with van der Waals surface area (Å²) in [4.78, 5) is 0. The van der Waals surface area contributed by atoms with Crippen LogP contribution in [0.1, 0.15) is 25.8 Å². The highest BCUT2D eigenvalue weighted by molar-refractivity contribution is 6.32. The monoisotopic (exact) mass is 252 g/mol. The van der Waals surface area contributed by atoms with Crippen molar-refractivity contribution < 1.29 is 4.74 Å². The van der Waals surface area contributed by atoms with E-state index in [1.165, 1.54) is 0 Å². The molecule has 4 heteroatoms. The second-order valence-electron chi connectivity index (χ2n) is 4.56. The molecule has 0 aromatic heterocycles. The molecule has 0 saturated carbocycles. The fourth-order valence-corrected chi connectivity index (χ4v) is 1.52. The van der Waals surface area contributed by atoms with Gasteiger partial charge in [-0.1, -0.05) is 17.7 Å². The fraction of sp³-hybridized carbons (Fsp3) is 0.462. The topological polar surface area (TPSA) is 59.0 Å². The highest BCUT2D eigenvalue weighted by atomic mass is 35.5. The highest BCUT2D eigenvalue weighted by Gasteiger charge is 2.16. The smallest absolute Gasteiger partial charge is 0.137 e. The lowest BCUT2D eigenvalue weighted by atomic mass is 9.92. The van der Waals surface area contributed by atoms with Crippen LogP contribution in [0, 0.1) is 16.7 Å². The Balaban J connectivity index is 2.56. The molecule has 0 radical (unpaired) electrons. The minimum atomic E-state index is -0.371. The molecule has 0 spiro atoms. The van der Waals surface area contributed by atoms with Crippen LogP contribution in [0.5, 0.6) is 5.75 Å². The van der Waals surface area contributed by atoms with Crippen LogP contribution in [-0.2, 0) is 6.54 Å². The quantitative estimate of drug-likeness (QED) is 0.876. The summed E-state index contributed by atoms with van der Waals surface area (Å²) < 4.78 is 5.55. The van der Waals surface area contributed by atoms with Gasteiger partial charge in [0, 0.05) is 6.54 Å². The molecule has 0 aliphatic rings. The lowest BCUT2D eigenvalue weighted by Crippen LogP contribution is -2.13. The lowest BCUT2D eigenvalue weighted by Gasteiger charge is -2.16. The van der Waals surface area contributed by atoms with Gasteiger partial charge in [-0.15, -0.1) is 0 Å². The Labute approximate surface area is 107 Å². The largest absolute Gasteiger partial charge is 0.492 e. The SMILES string of the molecule is CC(C)(C#N)CCOc1ccc(CN)cc1Cl. The normalized spacial score (nSPS) is 11.0. The van der Waals surface area contributed by atoms with Gasteiger partial charge in [0.15, 0.2) is 0 Å². The maximum Gasteiger partial charge on any atom is 0.137 e. The van der Waals surface area contributed by atoms with Gasteiger partial charge in [0.2, 0.25) is 0 Å². The van der Waals surface area contributed by atoms with E-state index in [-0.39, 0.29) is 5.41 Å². The van der Waals surface area contributed by atoms with Crippen molar-refractivity contribution >= 4 is 11.6 Å². The molecular weight excluding hydrogens is 236 g/mol. The van der Waals surface area contributed by atoms with Crippen LogP contribution in [0.4, 0.5) is 0 Å². The van der Waals surface area contributed by atoms with Crippen LogP contribution in [0.15, 0.2) is 18.2 Å². The minimum Gasteiger partial charge on any atom is -0.492 e. The van der Waals surface area contributed by atoms with Gasteiger partial charge in [0.05, 0.1) is 23.1 Å². The molecule has 17 heavy (non-hydrogen) atoms. The average molecular weight is 253 g/mol. The van der Waals surface area contributed by atoms with E-state index in [1.54, 1.807) is 6.07 Å². The molecule has 0 aliphatic heterocycles. The summed E-state index contributed by atoms with van der Waals surface area (Å²) in [6.45, 7) is 4.70. The summed E-state index contributed by atoms with van der Waals surface area (Å²) in [6, 6.07) is 7.72. The summed E-state index contributed by atoms with van der Waals surface area (Å²) in [6.07, 6.45) is 0.665. The Morgan fingerprint density at radius 2 is 2.18 bits per heavy atom. The van der Waals surface area contributed by atoms with Crippen molar-refractivity contribution in [2.24, 2.45) is 11.1 Å². The predicted molar refractivity (Wildman–Crippen MR) is 68.8 cm³/mol. The molecule has 0 bridgehead atoms. The van der Waals surface area contributed by atoms with E-state index >= 15 is 0 Å². The van der Waals surface area contributed by atoms with Gasteiger partial charge in [0.25, 0.3) is 0 Å². The molecule has 1 rings (SSSR count). The Hall–Kier alpha value is -1.24. The van der Waals surface area contributed by atoms with Crippen molar-refractivity contribution in [3.8, 4) is 11.8 Å². The molecule has 1 aromatic rings. The Morgan fingerprint density at radius 1 is 1.47 bits per heavy atom. The maximum atomic E-state index is 8.87. The molecular formula is C13H17ClN2O. The summed E-state index contributed by atoms with van der Waals surface area (Å²) in [5.41, 5.74) is 6.11. The molecule has 0 aliphatic carbocycles. The highest BCUT2D eigenvalue weighted by Crippen LogP contribution is 2.26. The standard InChI is InChI=1S/C13H17ClN2O/c1-13(2,9-16)5-6-17-12-4-3-10(8-15)7-11(12)14/h3-4,7H,5-6,8,15H2,1-2H3. The number of ether oxygens (including phenoxy) is 1. The molecule has 0 fully saturated rings. The van der Waals surface area contributed by atoms with Gasteiger partial charge in [-0.05, 0) is 38.0 Å². The van der Waals surface area contributed by atoms with Crippen molar-refractivity contribution in [1.82, 2.24) is 0 Å². The van der Waals surface area contributed by atoms with E-state index in [2.05, 4.69) is 6.07 Å². The van der Waals surface area contributed by atoms with Crippen LogP contribution in [0.25, 0.3) is 0 Å². The van der Waals surface area contributed by atoms with Crippen molar-refractivity contribution in [3.63, 3.8) is 0 Å². The zero-order valence-corrected chi connectivity index (χ0v) is 10.9.